The molecule has 0 radical (unpaired) electrons. The van der Waals surface area contributed by atoms with Crippen molar-refractivity contribution in [3.8, 4) is 0 Å². The smallest absolute Gasteiger partial charge is 0.264 e. The maximum Gasteiger partial charge on any atom is 0.264 e. The lowest BCUT2D eigenvalue weighted by Gasteiger charge is -2.34. The number of hydrogen-bond donors (Lipinski definition) is 1. The molecule has 1 aromatic heterocycles. The van der Waals surface area contributed by atoms with E-state index in [1.807, 2.05) is 30.3 Å². The van der Waals surface area contributed by atoms with Crippen LogP contribution in [-0.4, -0.2) is 22.8 Å². The fourth-order valence-corrected chi connectivity index (χ4v) is 5.11. The average Bonchev–Trinajstić information content (AvgIpc) is 2.90. The summed E-state index contributed by atoms with van der Waals surface area (Å²) in [6.45, 7) is 0.450. The average molecular weight is 354 g/mol. The molecular weight excluding hydrogens is 332 g/mol. The standard InChI is InChI=1S/C20H22N2O2S/c21-19(23)16-10-13-6-4-5-8-15(13)12-22(16)20(24)18-11-14-7-2-1-3-9-17(14)25-18/h4-6,8,11,16H,1-3,7,9-10,12H2,(H2,21,23)/t16-/m1/s1. The first-order chi connectivity index (χ1) is 12.1. The molecule has 1 aliphatic carbocycles. The van der Waals surface area contributed by atoms with Crippen molar-refractivity contribution in [1.82, 2.24) is 4.90 Å². The number of primary amides is 1. The molecular formula is C20H22N2O2S. The van der Waals surface area contributed by atoms with E-state index < -0.39 is 11.9 Å². The minimum absolute atomic E-state index is 0.0589. The zero-order chi connectivity index (χ0) is 17.4. The van der Waals surface area contributed by atoms with Crippen LogP contribution in [0.25, 0.3) is 0 Å². The van der Waals surface area contributed by atoms with Crippen molar-refractivity contribution in [2.75, 3.05) is 0 Å². The minimum Gasteiger partial charge on any atom is -0.368 e. The number of amides is 2. The van der Waals surface area contributed by atoms with E-state index in [0.29, 0.717) is 13.0 Å². The molecule has 1 aliphatic heterocycles. The Morgan fingerprint density at radius 1 is 1.04 bits per heavy atom. The Kier molecular flexibility index (Phi) is 4.34. The molecule has 5 heteroatoms. The maximum atomic E-state index is 13.2. The third-order valence-corrected chi connectivity index (χ3v) is 6.52. The third kappa shape index (κ3) is 3.09. The van der Waals surface area contributed by atoms with Crippen LogP contribution in [0.5, 0.6) is 0 Å². The van der Waals surface area contributed by atoms with Crippen LogP contribution in [0.2, 0.25) is 0 Å². The molecule has 1 atom stereocenters. The van der Waals surface area contributed by atoms with Crippen LogP contribution in [0.4, 0.5) is 0 Å². The molecule has 2 N–H and O–H groups in total. The van der Waals surface area contributed by atoms with Crippen molar-refractivity contribution in [3.05, 3.63) is 56.8 Å². The van der Waals surface area contributed by atoms with Crippen LogP contribution in [0.1, 0.15) is 50.5 Å². The van der Waals surface area contributed by atoms with E-state index in [1.165, 1.54) is 29.7 Å². The Morgan fingerprint density at radius 3 is 2.60 bits per heavy atom. The zero-order valence-electron chi connectivity index (χ0n) is 14.2. The lowest BCUT2D eigenvalue weighted by Crippen LogP contribution is -2.51. The molecule has 0 bridgehead atoms. The van der Waals surface area contributed by atoms with Gasteiger partial charge in [-0.2, -0.15) is 0 Å². The fourth-order valence-electron chi connectivity index (χ4n) is 3.90. The van der Waals surface area contributed by atoms with Crippen LogP contribution in [0, 0.1) is 0 Å². The van der Waals surface area contributed by atoms with Gasteiger partial charge in [-0.05, 0) is 48.4 Å². The van der Waals surface area contributed by atoms with Crippen molar-refractivity contribution in [3.63, 3.8) is 0 Å². The highest BCUT2D eigenvalue weighted by atomic mass is 32.1. The van der Waals surface area contributed by atoms with Gasteiger partial charge in [0.1, 0.15) is 6.04 Å². The summed E-state index contributed by atoms with van der Waals surface area (Å²) in [7, 11) is 0. The van der Waals surface area contributed by atoms with Gasteiger partial charge in [0.15, 0.2) is 0 Å². The zero-order valence-corrected chi connectivity index (χ0v) is 15.0. The van der Waals surface area contributed by atoms with Gasteiger partial charge in [0.05, 0.1) is 4.88 Å². The van der Waals surface area contributed by atoms with Crippen LogP contribution in [0.3, 0.4) is 0 Å². The van der Waals surface area contributed by atoms with Crippen molar-refractivity contribution in [1.29, 1.82) is 0 Å². The molecule has 2 heterocycles. The summed E-state index contributed by atoms with van der Waals surface area (Å²) in [4.78, 5) is 28.9. The summed E-state index contributed by atoms with van der Waals surface area (Å²) in [6, 6.07) is 9.46. The lowest BCUT2D eigenvalue weighted by atomic mass is 9.93. The predicted octanol–water partition coefficient (Wildman–Crippen LogP) is 3.07. The molecule has 4 rings (SSSR count). The van der Waals surface area contributed by atoms with E-state index in [-0.39, 0.29) is 5.91 Å². The summed E-state index contributed by atoms with van der Waals surface area (Å²) in [5.41, 5.74) is 9.15. The summed E-state index contributed by atoms with van der Waals surface area (Å²) in [6.07, 6.45) is 6.27. The number of rotatable bonds is 2. The van der Waals surface area contributed by atoms with Crippen LogP contribution in [0.15, 0.2) is 30.3 Å². The molecule has 0 fully saturated rings. The lowest BCUT2D eigenvalue weighted by molar-refractivity contribution is -0.122. The van der Waals surface area contributed by atoms with Crippen molar-refractivity contribution in [2.24, 2.45) is 5.73 Å². The number of nitrogens with zero attached hydrogens (tertiary/aromatic N) is 1. The molecule has 4 nitrogen and oxygen atoms in total. The number of hydrogen-bond acceptors (Lipinski definition) is 3. The highest BCUT2D eigenvalue weighted by Crippen LogP contribution is 2.32. The van der Waals surface area contributed by atoms with Gasteiger partial charge in [-0.3, -0.25) is 9.59 Å². The first-order valence-corrected chi connectivity index (χ1v) is 9.74. The van der Waals surface area contributed by atoms with Gasteiger partial charge in [0, 0.05) is 17.8 Å². The number of aryl methyl sites for hydroxylation is 2. The number of carbonyl (C=O) groups is 2. The minimum atomic E-state index is -0.565. The van der Waals surface area contributed by atoms with Gasteiger partial charge in [-0.1, -0.05) is 30.7 Å². The highest BCUT2D eigenvalue weighted by molar-refractivity contribution is 7.14. The summed E-state index contributed by atoms with van der Waals surface area (Å²) in [5, 5.41) is 0. The molecule has 2 amide bonds. The second-order valence-electron chi connectivity index (χ2n) is 6.94. The van der Waals surface area contributed by atoms with E-state index in [2.05, 4.69) is 0 Å². The van der Waals surface area contributed by atoms with Gasteiger partial charge in [0.2, 0.25) is 5.91 Å². The Bertz CT molecular complexity index is 803. The summed E-state index contributed by atoms with van der Waals surface area (Å²) < 4.78 is 0. The van der Waals surface area contributed by atoms with E-state index >= 15 is 0 Å². The molecule has 0 unspecified atom stereocenters. The van der Waals surface area contributed by atoms with Gasteiger partial charge in [-0.25, -0.2) is 0 Å². The highest BCUT2D eigenvalue weighted by Gasteiger charge is 2.34. The van der Waals surface area contributed by atoms with E-state index in [0.717, 1.165) is 28.8 Å². The second-order valence-corrected chi connectivity index (χ2v) is 8.08. The Morgan fingerprint density at radius 2 is 1.80 bits per heavy atom. The molecule has 2 aromatic rings. The summed E-state index contributed by atoms with van der Waals surface area (Å²) >= 11 is 1.60. The normalized spacial score (nSPS) is 19.7. The maximum absolute atomic E-state index is 13.2. The van der Waals surface area contributed by atoms with Gasteiger partial charge in [0.25, 0.3) is 5.91 Å². The van der Waals surface area contributed by atoms with Gasteiger partial charge < -0.3 is 10.6 Å². The van der Waals surface area contributed by atoms with Gasteiger partial charge >= 0.3 is 0 Å². The third-order valence-electron chi connectivity index (χ3n) is 5.30. The molecule has 130 valence electrons. The molecule has 0 saturated carbocycles. The molecule has 1 aromatic carbocycles. The Labute approximate surface area is 151 Å². The quantitative estimate of drug-likeness (QED) is 0.843. The Hall–Kier alpha value is -2.14. The number of fused-ring (bicyclic) bond motifs is 2. The van der Waals surface area contributed by atoms with Crippen molar-refractivity contribution >= 4 is 23.2 Å². The molecule has 0 saturated heterocycles. The number of thiophene rings is 1. The number of benzene rings is 1. The molecule has 25 heavy (non-hydrogen) atoms. The number of nitrogens with two attached hydrogens (primary N) is 1. The molecule has 0 spiro atoms. The van der Waals surface area contributed by atoms with Crippen molar-refractivity contribution < 1.29 is 9.59 Å². The van der Waals surface area contributed by atoms with Crippen LogP contribution >= 0.6 is 11.3 Å². The topological polar surface area (TPSA) is 63.4 Å². The number of carbonyl (C=O) groups excluding carboxylic acids is 2. The predicted molar refractivity (Wildman–Crippen MR) is 98.6 cm³/mol. The first kappa shape index (κ1) is 16.3. The second kappa shape index (κ2) is 6.64. The fraction of sp³-hybridized carbons (Fsp3) is 0.400. The largest absolute Gasteiger partial charge is 0.368 e. The van der Waals surface area contributed by atoms with Crippen LogP contribution in [-0.2, 0) is 30.6 Å². The SMILES string of the molecule is NC(=O)[C@H]1Cc2ccccc2CN1C(=O)c1cc2c(s1)CCCCC2. The van der Waals surface area contributed by atoms with Crippen LogP contribution < -0.4 is 5.73 Å². The van der Waals surface area contributed by atoms with Gasteiger partial charge in [-0.15, -0.1) is 11.3 Å². The summed E-state index contributed by atoms with van der Waals surface area (Å²) in [5.74, 6) is -0.489. The van der Waals surface area contributed by atoms with E-state index in [4.69, 9.17) is 5.73 Å². The van der Waals surface area contributed by atoms with E-state index in [1.54, 1.807) is 16.2 Å². The monoisotopic (exact) mass is 354 g/mol. The first-order valence-electron chi connectivity index (χ1n) is 8.92. The molecule has 2 aliphatic rings. The Balaban J connectivity index is 1.65. The van der Waals surface area contributed by atoms with Crippen molar-refractivity contribution in [2.45, 2.75) is 51.1 Å². The van der Waals surface area contributed by atoms with E-state index in [9.17, 15) is 9.59 Å².